The van der Waals surface area contributed by atoms with E-state index < -0.39 is 0 Å². The Hall–Kier alpha value is -0.160. The molecule has 2 fully saturated rings. The predicted molar refractivity (Wildman–Crippen MR) is 118 cm³/mol. The first-order valence-corrected chi connectivity index (χ1v) is 9.98. The van der Waals surface area contributed by atoms with Crippen LogP contribution >= 0.6 is 24.0 Å². The maximum atomic E-state index is 5.78. The van der Waals surface area contributed by atoms with Gasteiger partial charge in [-0.2, -0.15) is 0 Å². The van der Waals surface area contributed by atoms with E-state index in [1.807, 2.05) is 0 Å². The van der Waals surface area contributed by atoms with Gasteiger partial charge in [0.05, 0.1) is 12.7 Å². The number of likely N-dealkylation sites (N-methyl/N-ethyl adjacent to an activating group) is 1. The van der Waals surface area contributed by atoms with E-state index in [9.17, 15) is 0 Å². The standard InChI is InChI=1S/C18H37N5O2.HI/c1-3-19-18(20-7-5-14-25-17-6-15-24-16-17)21-8-9-23-12-10-22(4-2)11-13-23;/h17H,3-16H2,1-2H3,(H2,19,20,21);1H. The average molecular weight is 483 g/mol. The topological polar surface area (TPSA) is 61.4 Å². The van der Waals surface area contributed by atoms with Crippen LogP contribution in [0.4, 0.5) is 0 Å². The van der Waals surface area contributed by atoms with Gasteiger partial charge in [-0.25, -0.2) is 0 Å². The Morgan fingerprint density at radius 1 is 1.15 bits per heavy atom. The second kappa shape index (κ2) is 14.8. The Balaban J connectivity index is 0.00000338. The van der Waals surface area contributed by atoms with Gasteiger partial charge < -0.3 is 25.0 Å². The molecule has 0 bridgehead atoms. The van der Waals surface area contributed by atoms with Gasteiger partial charge in [-0.15, -0.1) is 24.0 Å². The largest absolute Gasteiger partial charge is 0.379 e. The molecule has 26 heavy (non-hydrogen) atoms. The molecule has 8 heteroatoms. The second-order valence-electron chi connectivity index (χ2n) is 6.67. The molecule has 0 amide bonds. The van der Waals surface area contributed by atoms with Crippen molar-refractivity contribution in [3.63, 3.8) is 0 Å². The van der Waals surface area contributed by atoms with Crippen LogP contribution in [-0.4, -0.2) is 101 Å². The van der Waals surface area contributed by atoms with Gasteiger partial charge in [0, 0.05) is 65.6 Å². The van der Waals surface area contributed by atoms with Crippen LogP contribution in [0.25, 0.3) is 0 Å². The van der Waals surface area contributed by atoms with Gasteiger partial charge in [-0.3, -0.25) is 9.89 Å². The van der Waals surface area contributed by atoms with Crippen molar-refractivity contribution < 1.29 is 9.47 Å². The Bertz CT molecular complexity index is 373. The molecular weight excluding hydrogens is 445 g/mol. The molecule has 2 rings (SSSR count). The van der Waals surface area contributed by atoms with Crippen LogP contribution in [0.1, 0.15) is 26.7 Å². The van der Waals surface area contributed by atoms with Crippen molar-refractivity contribution in [2.75, 3.05) is 78.7 Å². The molecule has 0 aromatic heterocycles. The molecule has 1 atom stereocenters. The van der Waals surface area contributed by atoms with E-state index in [-0.39, 0.29) is 24.0 Å². The van der Waals surface area contributed by atoms with Crippen LogP contribution < -0.4 is 10.6 Å². The Morgan fingerprint density at radius 3 is 2.58 bits per heavy atom. The summed E-state index contributed by atoms with van der Waals surface area (Å²) in [5, 5.41) is 6.77. The quantitative estimate of drug-likeness (QED) is 0.209. The van der Waals surface area contributed by atoms with Crippen LogP contribution in [0.5, 0.6) is 0 Å². The second-order valence-corrected chi connectivity index (χ2v) is 6.67. The number of guanidine groups is 1. The van der Waals surface area contributed by atoms with Gasteiger partial charge in [-0.1, -0.05) is 6.92 Å². The molecular formula is C18H38IN5O2. The van der Waals surface area contributed by atoms with Gasteiger partial charge in [0.2, 0.25) is 0 Å². The van der Waals surface area contributed by atoms with Crippen LogP contribution in [0, 0.1) is 0 Å². The zero-order chi connectivity index (χ0) is 17.7. The molecule has 7 nitrogen and oxygen atoms in total. The molecule has 2 N–H and O–H groups in total. The van der Waals surface area contributed by atoms with Crippen LogP contribution in [0.15, 0.2) is 4.99 Å². The Labute approximate surface area is 176 Å². The van der Waals surface area contributed by atoms with E-state index in [2.05, 4.69) is 39.3 Å². The highest BCUT2D eigenvalue weighted by molar-refractivity contribution is 14.0. The van der Waals surface area contributed by atoms with Crippen LogP contribution in [-0.2, 0) is 9.47 Å². The summed E-state index contributed by atoms with van der Waals surface area (Å²) >= 11 is 0. The highest BCUT2D eigenvalue weighted by Gasteiger charge is 2.16. The first-order chi connectivity index (χ1) is 12.3. The first kappa shape index (κ1) is 23.9. The van der Waals surface area contributed by atoms with Gasteiger partial charge in [0.15, 0.2) is 5.96 Å². The monoisotopic (exact) mass is 483 g/mol. The molecule has 2 aliphatic heterocycles. The predicted octanol–water partition coefficient (Wildman–Crippen LogP) is 0.993. The molecule has 0 aliphatic carbocycles. The zero-order valence-corrected chi connectivity index (χ0v) is 18.9. The summed E-state index contributed by atoms with van der Waals surface area (Å²) in [5.41, 5.74) is 0. The molecule has 2 heterocycles. The van der Waals surface area contributed by atoms with E-state index in [0.717, 1.165) is 64.8 Å². The maximum absolute atomic E-state index is 5.78. The number of hydrogen-bond acceptors (Lipinski definition) is 5. The minimum absolute atomic E-state index is 0. The average Bonchev–Trinajstić information content (AvgIpc) is 3.15. The smallest absolute Gasteiger partial charge is 0.191 e. The molecule has 0 aromatic carbocycles. The van der Waals surface area contributed by atoms with Crippen molar-refractivity contribution in [1.82, 2.24) is 20.4 Å². The fraction of sp³-hybridized carbons (Fsp3) is 0.944. The fourth-order valence-electron chi connectivity index (χ4n) is 3.15. The number of rotatable bonds is 10. The summed E-state index contributed by atoms with van der Waals surface area (Å²) in [6.45, 7) is 16.3. The minimum atomic E-state index is 0. The highest BCUT2D eigenvalue weighted by Crippen LogP contribution is 2.08. The third kappa shape index (κ3) is 9.68. The molecule has 0 radical (unpaired) electrons. The number of ether oxygens (including phenoxy) is 2. The van der Waals surface area contributed by atoms with E-state index >= 15 is 0 Å². The number of piperazine rings is 1. The first-order valence-electron chi connectivity index (χ1n) is 9.98. The van der Waals surface area contributed by atoms with E-state index in [0.29, 0.717) is 6.10 Å². The van der Waals surface area contributed by atoms with Crippen LogP contribution in [0.2, 0.25) is 0 Å². The fourth-order valence-corrected chi connectivity index (χ4v) is 3.15. The van der Waals surface area contributed by atoms with E-state index in [4.69, 9.17) is 9.47 Å². The molecule has 154 valence electrons. The van der Waals surface area contributed by atoms with Crippen molar-refractivity contribution in [1.29, 1.82) is 0 Å². The lowest BCUT2D eigenvalue weighted by molar-refractivity contribution is 0.0424. The summed E-state index contributed by atoms with van der Waals surface area (Å²) in [4.78, 5) is 9.68. The molecule has 0 aromatic rings. The highest BCUT2D eigenvalue weighted by atomic mass is 127. The summed E-state index contributed by atoms with van der Waals surface area (Å²) in [7, 11) is 0. The number of nitrogens with zero attached hydrogens (tertiary/aromatic N) is 3. The lowest BCUT2D eigenvalue weighted by atomic mass is 10.3. The number of aliphatic imine (C=N–C) groups is 1. The van der Waals surface area contributed by atoms with Gasteiger partial charge in [0.1, 0.15) is 0 Å². The number of nitrogens with one attached hydrogen (secondary N) is 2. The maximum Gasteiger partial charge on any atom is 0.191 e. The summed E-state index contributed by atoms with van der Waals surface area (Å²) in [6.07, 6.45) is 2.27. The normalized spacial score (nSPS) is 22.2. The van der Waals surface area contributed by atoms with Crippen molar-refractivity contribution in [2.24, 2.45) is 4.99 Å². The van der Waals surface area contributed by atoms with Crippen molar-refractivity contribution in [3.05, 3.63) is 0 Å². The zero-order valence-electron chi connectivity index (χ0n) is 16.5. The third-order valence-corrected chi connectivity index (χ3v) is 4.79. The van der Waals surface area contributed by atoms with E-state index in [1.165, 1.54) is 32.7 Å². The number of halogens is 1. The van der Waals surface area contributed by atoms with Crippen molar-refractivity contribution >= 4 is 29.9 Å². The summed E-state index contributed by atoms with van der Waals surface area (Å²) < 4.78 is 11.1. The van der Waals surface area contributed by atoms with Crippen molar-refractivity contribution in [3.8, 4) is 0 Å². The molecule has 0 saturated carbocycles. The Morgan fingerprint density at radius 2 is 1.92 bits per heavy atom. The lowest BCUT2D eigenvalue weighted by Crippen LogP contribution is -2.49. The van der Waals surface area contributed by atoms with Gasteiger partial charge >= 0.3 is 0 Å². The molecule has 2 aliphatic rings. The van der Waals surface area contributed by atoms with Crippen molar-refractivity contribution in [2.45, 2.75) is 32.8 Å². The van der Waals surface area contributed by atoms with E-state index in [1.54, 1.807) is 0 Å². The lowest BCUT2D eigenvalue weighted by Gasteiger charge is -2.34. The Kier molecular flexibility index (Phi) is 13.6. The SMILES string of the molecule is CCNC(=NCCCOC1CCOC1)NCCN1CCN(CC)CC1.I. The minimum Gasteiger partial charge on any atom is -0.379 e. The summed E-state index contributed by atoms with van der Waals surface area (Å²) in [5.74, 6) is 0.916. The molecule has 0 spiro atoms. The van der Waals surface area contributed by atoms with Gasteiger partial charge in [-0.05, 0) is 26.3 Å². The summed E-state index contributed by atoms with van der Waals surface area (Å²) in [6, 6.07) is 0. The molecule has 2 saturated heterocycles. The molecule has 1 unspecified atom stereocenters. The third-order valence-electron chi connectivity index (χ3n) is 4.79. The number of hydrogen-bond donors (Lipinski definition) is 2. The van der Waals surface area contributed by atoms with Crippen LogP contribution in [0.3, 0.4) is 0 Å². The van der Waals surface area contributed by atoms with Gasteiger partial charge in [0.25, 0.3) is 0 Å².